The zero-order valence-electron chi connectivity index (χ0n) is 17.5. The van der Waals surface area contributed by atoms with E-state index in [2.05, 4.69) is 74.8 Å². The molecule has 0 N–H and O–H groups in total. The van der Waals surface area contributed by atoms with E-state index < -0.39 is 0 Å². The van der Waals surface area contributed by atoms with Crippen molar-refractivity contribution in [3.05, 3.63) is 47.1 Å². The molecule has 0 unspecified atom stereocenters. The SMILES string of the molecule is CC(C)n1ncc2cc(B3OC(C)(C)C(C)(C)O3)ccc21.Clc1cc(Cl)ncn1. The quantitative estimate of drug-likeness (QED) is 0.432. The summed E-state index contributed by atoms with van der Waals surface area (Å²) in [6.45, 7) is 12.6. The minimum absolute atomic E-state index is 0.311. The van der Waals surface area contributed by atoms with Crippen LogP contribution in [-0.2, 0) is 9.31 Å². The summed E-state index contributed by atoms with van der Waals surface area (Å²) < 4.78 is 14.2. The molecule has 29 heavy (non-hydrogen) atoms. The van der Waals surface area contributed by atoms with E-state index in [0.29, 0.717) is 16.3 Å². The number of rotatable bonds is 2. The third-order valence-electron chi connectivity index (χ3n) is 5.23. The fraction of sp³-hybridized carbons (Fsp3) is 0.450. The summed E-state index contributed by atoms with van der Waals surface area (Å²) in [5.74, 6) is 0. The average molecular weight is 435 g/mol. The molecule has 6 nitrogen and oxygen atoms in total. The first-order valence-corrected chi connectivity index (χ1v) is 10.2. The van der Waals surface area contributed by atoms with Crippen LogP contribution in [0.4, 0.5) is 0 Å². The number of nitrogens with zero attached hydrogens (tertiary/aromatic N) is 4. The fourth-order valence-electron chi connectivity index (χ4n) is 2.92. The van der Waals surface area contributed by atoms with Crippen LogP contribution in [0.25, 0.3) is 10.9 Å². The van der Waals surface area contributed by atoms with Crippen LogP contribution in [0.3, 0.4) is 0 Å². The van der Waals surface area contributed by atoms with Gasteiger partial charge in [-0.1, -0.05) is 35.3 Å². The maximum Gasteiger partial charge on any atom is 0.494 e. The Morgan fingerprint density at radius 3 is 2.03 bits per heavy atom. The van der Waals surface area contributed by atoms with Gasteiger partial charge in [0, 0.05) is 17.5 Å². The van der Waals surface area contributed by atoms with Crippen molar-refractivity contribution in [1.29, 1.82) is 0 Å². The molecule has 4 rings (SSSR count). The molecule has 0 spiro atoms. The number of hydrogen-bond donors (Lipinski definition) is 0. The van der Waals surface area contributed by atoms with Gasteiger partial charge in [-0.15, -0.1) is 0 Å². The highest BCUT2D eigenvalue weighted by Crippen LogP contribution is 2.36. The Kier molecular flexibility index (Phi) is 6.25. The lowest BCUT2D eigenvalue weighted by molar-refractivity contribution is 0.00578. The van der Waals surface area contributed by atoms with Crippen LogP contribution in [0.5, 0.6) is 0 Å². The molecule has 0 saturated carbocycles. The summed E-state index contributed by atoms with van der Waals surface area (Å²) in [5.41, 5.74) is 1.57. The summed E-state index contributed by atoms with van der Waals surface area (Å²) in [7, 11) is -0.318. The molecule has 0 atom stereocenters. The maximum atomic E-state index is 6.10. The van der Waals surface area contributed by atoms with E-state index in [0.717, 1.165) is 16.4 Å². The molecule has 1 aliphatic heterocycles. The Bertz CT molecular complexity index is 974. The van der Waals surface area contributed by atoms with Gasteiger partial charge in [-0.25, -0.2) is 9.97 Å². The lowest BCUT2D eigenvalue weighted by atomic mass is 9.79. The molecular weight excluding hydrogens is 410 g/mol. The van der Waals surface area contributed by atoms with Crippen LogP contribution in [0.2, 0.25) is 10.3 Å². The highest BCUT2D eigenvalue weighted by atomic mass is 35.5. The van der Waals surface area contributed by atoms with E-state index in [1.807, 2.05) is 10.9 Å². The average Bonchev–Trinajstić information content (AvgIpc) is 3.13. The lowest BCUT2D eigenvalue weighted by Gasteiger charge is -2.32. The topological polar surface area (TPSA) is 62.1 Å². The second kappa shape index (κ2) is 8.22. The molecule has 0 aliphatic carbocycles. The van der Waals surface area contributed by atoms with Crippen molar-refractivity contribution in [2.24, 2.45) is 0 Å². The summed E-state index contributed by atoms with van der Waals surface area (Å²) in [5, 5.41) is 6.31. The Balaban J connectivity index is 0.000000252. The second-order valence-electron chi connectivity index (χ2n) is 8.25. The van der Waals surface area contributed by atoms with Gasteiger partial charge in [0.15, 0.2) is 0 Å². The van der Waals surface area contributed by atoms with Crippen LogP contribution in [0.1, 0.15) is 47.6 Å². The second-order valence-corrected chi connectivity index (χ2v) is 9.03. The van der Waals surface area contributed by atoms with E-state index in [9.17, 15) is 0 Å². The third-order valence-corrected chi connectivity index (χ3v) is 5.65. The predicted molar refractivity (Wildman–Crippen MR) is 118 cm³/mol. The van der Waals surface area contributed by atoms with Crippen molar-refractivity contribution in [3.63, 3.8) is 0 Å². The van der Waals surface area contributed by atoms with Gasteiger partial charge in [-0.2, -0.15) is 5.10 Å². The number of halogens is 2. The zero-order valence-corrected chi connectivity index (χ0v) is 19.0. The fourth-order valence-corrected chi connectivity index (χ4v) is 3.27. The van der Waals surface area contributed by atoms with Crippen molar-refractivity contribution in [1.82, 2.24) is 19.7 Å². The summed E-state index contributed by atoms with van der Waals surface area (Å²) >= 11 is 10.8. The molecule has 3 aromatic rings. The van der Waals surface area contributed by atoms with Gasteiger partial charge in [0.05, 0.1) is 22.9 Å². The van der Waals surface area contributed by atoms with Gasteiger partial charge in [-0.05, 0) is 53.1 Å². The van der Waals surface area contributed by atoms with Crippen molar-refractivity contribution >= 4 is 46.7 Å². The zero-order chi connectivity index (χ0) is 21.4. The van der Waals surface area contributed by atoms with Gasteiger partial charge in [0.25, 0.3) is 0 Å². The Morgan fingerprint density at radius 1 is 0.966 bits per heavy atom. The van der Waals surface area contributed by atoms with Crippen molar-refractivity contribution in [2.45, 2.75) is 58.8 Å². The molecule has 1 saturated heterocycles. The molecule has 0 bridgehead atoms. The van der Waals surface area contributed by atoms with Crippen molar-refractivity contribution < 1.29 is 9.31 Å². The minimum atomic E-state index is -0.318. The van der Waals surface area contributed by atoms with E-state index in [1.165, 1.54) is 12.4 Å². The van der Waals surface area contributed by atoms with Gasteiger partial charge < -0.3 is 9.31 Å². The number of fused-ring (bicyclic) bond motifs is 1. The van der Waals surface area contributed by atoms with Crippen molar-refractivity contribution in [3.8, 4) is 0 Å². The Morgan fingerprint density at radius 2 is 1.55 bits per heavy atom. The van der Waals surface area contributed by atoms with Crippen LogP contribution < -0.4 is 5.46 Å². The molecule has 1 aliphatic rings. The Hall–Kier alpha value is -1.67. The van der Waals surface area contributed by atoms with Crippen LogP contribution >= 0.6 is 23.2 Å². The molecular formula is C20H25BCl2N4O2. The molecule has 154 valence electrons. The molecule has 1 aromatic carbocycles. The minimum Gasteiger partial charge on any atom is -0.399 e. The molecule has 9 heteroatoms. The molecule has 0 amide bonds. The van der Waals surface area contributed by atoms with E-state index in [1.54, 1.807) is 0 Å². The van der Waals surface area contributed by atoms with Gasteiger partial charge in [0.1, 0.15) is 16.6 Å². The van der Waals surface area contributed by atoms with Crippen LogP contribution in [0, 0.1) is 0 Å². The highest BCUT2D eigenvalue weighted by Gasteiger charge is 2.51. The monoisotopic (exact) mass is 434 g/mol. The molecule has 3 heterocycles. The first-order chi connectivity index (χ1) is 13.5. The maximum absolute atomic E-state index is 6.10. The summed E-state index contributed by atoms with van der Waals surface area (Å²) in [6.07, 6.45) is 3.22. The van der Waals surface area contributed by atoms with Gasteiger partial charge in [-0.3, -0.25) is 4.68 Å². The molecule has 0 radical (unpaired) electrons. The van der Waals surface area contributed by atoms with E-state index in [-0.39, 0.29) is 18.3 Å². The summed E-state index contributed by atoms with van der Waals surface area (Å²) in [6, 6.07) is 8.12. The largest absolute Gasteiger partial charge is 0.494 e. The predicted octanol–water partition coefficient (Wildman–Crippen LogP) is 4.70. The first-order valence-electron chi connectivity index (χ1n) is 9.46. The third kappa shape index (κ3) is 4.74. The van der Waals surface area contributed by atoms with Crippen LogP contribution in [0.15, 0.2) is 36.8 Å². The number of hydrogen-bond acceptors (Lipinski definition) is 5. The lowest BCUT2D eigenvalue weighted by Crippen LogP contribution is -2.41. The molecule has 2 aromatic heterocycles. The van der Waals surface area contributed by atoms with Gasteiger partial charge >= 0.3 is 7.12 Å². The number of aromatic nitrogens is 4. The number of benzene rings is 1. The molecule has 1 fully saturated rings. The smallest absolute Gasteiger partial charge is 0.399 e. The highest BCUT2D eigenvalue weighted by molar-refractivity contribution is 6.62. The van der Waals surface area contributed by atoms with Crippen LogP contribution in [-0.4, -0.2) is 38.1 Å². The standard InChI is InChI=1S/C16H23BN2O2.C4H2Cl2N2/c1-11(2)19-14-8-7-13(9-12(14)10-18-19)17-20-15(3,4)16(5,6)21-17;5-3-1-4(6)8-2-7-3/h7-11H,1-6H3;1-2H. The van der Waals surface area contributed by atoms with E-state index >= 15 is 0 Å². The summed E-state index contributed by atoms with van der Waals surface area (Å²) in [4.78, 5) is 7.22. The first kappa shape index (κ1) is 22.0. The van der Waals surface area contributed by atoms with Gasteiger partial charge in [0.2, 0.25) is 0 Å². The normalized spacial score (nSPS) is 17.5. The van der Waals surface area contributed by atoms with Crippen molar-refractivity contribution in [2.75, 3.05) is 0 Å². The van der Waals surface area contributed by atoms with E-state index in [4.69, 9.17) is 32.5 Å². The Labute approximate surface area is 181 Å².